The highest BCUT2D eigenvalue weighted by molar-refractivity contribution is 7.17. The van der Waals surface area contributed by atoms with Crippen LogP contribution < -0.4 is 10.2 Å². The molecule has 1 heterocycles. The van der Waals surface area contributed by atoms with Gasteiger partial charge in [-0.3, -0.25) is 4.79 Å². The van der Waals surface area contributed by atoms with E-state index in [0.717, 1.165) is 5.69 Å². The van der Waals surface area contributed by atoms with Crippen LogP contribution in [0.5, 0.6) is 0 Å². The Balaban J connectivity index is 2.26. The van der Waals surface area contributed by atoms with E-state index in [1.54, 1.807) is 11.9 Å². The van der Waals surface area contributed by atoms with Crippen molar-refractivity contribution < 1.29 is 4.79 Å². The number of nitrogens with zero attached hydrogens (tertiary/aromatic N) is 4. The zero-order chi connectivity index (χ0) is 14.4. The third-order valence-corrected chi connectivity index (χ3v) is 3.51. The third-order valence-electron chi connectivity index (χ3n) is 2.58. The molecule has 0 aliphatic carbocycles. The Bertz CT molecular complexity index is 619. The Labute approximate surface area is 120 Å². The normalized spacial score (nSPS) is 9.80. The molecule has 1 aromatic heterocycles. The van der Waals surface area contributed by atoms with Gasteiger partial charge in [-0.05, 0) is 12.1 Å². The molecular formula is C13H13N5OS. The second kappa shape index (κ2) is 6.63. The lowest BCUT2D eigenvalue weighted by Crippen LogP contribution is -2.31. The number of carbonyl (C=O) groups is 1. The zero-order valence-corrected chi connectivity index (χ0v) is 11.7. The summed E-state index contributed by atoms with van der Waals surface area (Å²) in [5.74, 6) is -0.245. The average molecular weight is 287 g/mol. The standard InChI is InChI=1S/C13H13N5OS/c1-15-13-17-16-11(20-13)12(19)18(9-5-8-14)10-6-3-2-4-7-10/h2-4,6-7H,5,9H2,1H3,(H,15,17). The predicted octanol–water partition coefficient (Wildman–Crippen LogP) is 2.14. The van der Waals surface area contributed by atoms with E-state index in [0.29, 0.717) is 16.7 Å². The summed E-state index contributed by atoms with van der Waals surface area (Å²) < 4.78 is 0. The van der Waals surface area contributed by atoms with Crippen molar-refractivity contribution in [2.45, 2.75) is 6.42 Å². The van der Waals surface area contributed by atoms with Gasteiger partial charge < -0.3 is 10.2 Å². The minimum Gasteiger partial charge on any atom is -0.363 e. The van der Waals surface area contributed by atoms with Crippen molar-refractivity contribution in [2.24, 2.45) is 0 Å². The summed E-state index contributed by atoms with van der Waals surface area (Å²) in [6.45, 7) is 0.327. The van der Waals surface area contributed by atoms with Crippen LogP contribution in [0.25, 0.3) is 0 Å². The average Bonchev–Trinajstić information content (AvgIpc) is 2.97. The Morgan fingerprint density at radius 1 is 1.40 bits per heavy atom. The minimum atomic E-state index is -0.245. The molecule has 1 N–H and O–H groups in total. The van der Waals surface area contributed by atoms with Gasteiger partial charge in [-0.15, -0.1) is 10.2 Å². The molecule has 0 aliphatic heterocycles. The van der Waals surface area contributed by atoms with Gasteiger partial charge in [0.2, 0.25) is 10.1 Å². The number of nitrogens with one attached hydrogen (secondary N) is 1. The monoisotopic (exact) mass is 287 g/mol. The summed E-state index contributed by atoms with van der Waals surface area (Å²) in [6.07, 6.45) is 0.262. The number of hydrogen-bond donors (Lipinski definition) is 1. The number of para-hydroxylation sites is 1. The quantitative estimate of drug-likeness (QED) is 0.911. The molecule has 0 aliphatic rings. The molecule has 0 atom stereocenters. The van der Waals surface area contributed by atoms with Gasteiger partial charge in [-0.2, -0.15) is 5.26 Å². The van der Waals surface area contributed by atoms with Crippen LogP contribution in [0.4, 0.5) is 10.8 Å². The SMILES string of the molecule is CNc1nnc(C(=O)N(CCC#N)c2ccccc2)s1. The van der Waals surface area contributed by atoms with Gasteiger partial charge in [-0.25, -0.2) is 0 Å². The lowest BCUT2D eigenvalue weighted by molar-refractivity contribution is 0.0986. The van der Waals surface area contributed by atoms with Crippen LogP contribution in [-0.4, -0.2) is 29.7 Å². The lowest BCUT2D eigenvalue weighted by Gasteiger charge is -2.20. The van der Waals surface area contributed by atoms with Crippen LogP contribution >= 0.6 is 11.3 Å². The zero-order valence-electron chi connectivity index (χ0n) is 10.9. The van der Waals surface area contributed by atoms with Crippen LogP contribution in [0.2, 0.25) is 0 Å². The molecule has 0 bridgehead atoms. The van der Waals surface area contributed by atoms with E-state index in [1.165, 1.54) is 11.3 Å². The molecule has 20 heavy (non-hydrogen) atoms. The molecule has 2 rings (SSSR count). The summed E-state index contributed by atoms with van der Waals surface area (Å²) in [5.41, 5.74) is 0.744. The molecule has 0 fully saturated rings. The molecule has 2 aromatic rings. The summed E-state index contributed by atoms with van der Waals surface area (Å²) in [5, 5.41) is 20.2. The van der Waals surface area contributed by atoms with Crippen molar-refractivity contribution in [3.05, 3.63) is 35.3 Å². The Hall–Kier alpha value is -2.46. The van der Waals surface area contributed by atoms with E-state index in [2.05, 4.69) is 21.6 Å². The fraction of sp³-hybridized carbons (Fsp3) is 0.231. The maximum atomic E-state index is 12.5. The van der Waals surface area contributed by atoms with Gasteiger partial charge in [0, 0.05) is 19.3 Å². The number of hydrogen-bond acceptors (Lipinski definition) is 6. The maximum Gasteiger partial charge on any atom is 0.289 e. The molecule has 1 amide bonds. The van der Waals surface area contributed by atoms with E-state index in [9.17, 15) is 4.79 Å². The second-order valence-electron chi connectivity index (χ2n) is 3.86. The molecular weight excluding hydrogens is 274 g/mol. The maximum absolute atomic E-state index is 12.5. The molecule has 6 nitrogen and oxygen atoms in total. The van der Waals surface area contributed by atoms with Crippen molar-refractivity contribution in [1.82, 2.24) is 10.2 Å². The van der Waals surface area contributed by atoms with Crippen molar-refractivity contribution in [3.8, 4) is 6.07 Å². The number of carbonyl (C=O) groups excluding carboxylic acids is 1. The summed E-state index contributed by atoms with van der Waals surface area (Å²) in [6, 6.07) is 11.3. The first-order chi connectivity index (χ1) is 9.76. The highest BCUT2D eigenvalue weighted by Gasteiger charge is 2.21. The number of rotatable bonds is 5. The van der Waals surface area contributed by atoms with Gasteiger partial charge in [0.25, 0.3) is 5.91 Å². The largest absolute Gasteiger partial charge is 0.363 e. The molecule has 0 unspecified atom stereocenters. The van der Waals surface area contributed by atoms with Crippen molar-refractivity contribution >= 4 is 28.1 Å². The molecule has 1 aromatic carbocycles. The fourth-order valence-corrected chi connectivity index (χ4v) is 2.29. The first-order valence-corrected chi connectivity index (χ1v) is 6.83. The van der Waals surface area contributed by atoms with Crippen LogP contribution in [0.1, 0.15) is 16.2 Å². The van der Waals surface area contributed by atoms with Gasteiger partial charge in [0.1, 0.15) is 0 Å². The van der Waals surface area contributed by atoms with Crippen LogP contribution in [0, 0.1) is 11.3 Å². The number of nitriles is 1. The van der Waals surface area contributed by atoms with Gasteiger partial charge in [-0.1, -0.05) is 29.5 Å². The number of anilines is 2. The fourth-order valence-electron chi connectivity index (χ4n) is 1.64. The highest BCUT2D eigenvalue weighted by atomic mass is 32.1. The molecule has 0 saturated heterocycles. The number of aromatic nitrogens is 2. The van der Waals surface area contributed by atoms with E-state index in [-0.39, 0.29) is 12.3 Å². The molecule has 0 spiro atoms. The van der Waals surface area contributed by atoms with E-state index >= 15 is 0 Å². The Morgan fingerprint density at radius 3 is 2.75 bits per heavy atom. The summed E-state index contributed by atoms with van der Waals surface area (Å²) in [7, 11) is 1.72. The van der Waals surface area contributed by atoms with Gasteiger partial charge in [0.05, 0.1) is 12.5 Å². The Kier molecular flexibility index (Phi) is 4.63. The second-order valence-corrected chi connectivity index (χ2v) is 4.84. The topological polar surface area (TPSA) is 81.9 Å². The minimum absolute atomic E-state index is 0.245. The first-order valence-electron chi connectivity index (χ1n) is 6.01. The van der Waals surface area contributed by atoms with Crippen LogP contribution in [0.3, 0.4) is 0 Å². The molecule has 7 heteroatoms. The van der Waals surface area contributed by atoms with Crippen LogP contribution in [-0.2, 0) is 0 Å². The lowest BCUT2D eigenvalue weighted by atomic mass is 10.2. The summed E-state index contributed by atoms with van der Waals surface area (Å²) >= 11 is 1.19. The highest BCUT2D eigenvalue weighted by Crippen LogP contribution is 2.21. The molecule has 102 valence electrons. The third kappa shape index (κ3) is 3.10. The van der Waals surface area contributed by atoms with E-state index < -0.39 is 0 Å². The van der Waals surface area contributed by atoms with E-state index in [4.69, 9.17) is 5.26 Å². The van der Waals surface area contributed by atoms with Crippen molar-refractivity contribution in [1.29, 1.82) is 5.26 Å². The Morgan fingerprint density at radius 2 is 2.15 bits per heavy atom. The molecule has 0 radical (unpaired) electrons. The van der Waals surface area contributed by atoms with Crippen LogP contribution in [0.15, 0.2) is 30.3 Å². The number of benzene rings is 1. The summed E-state index contributed by atoms with van der Waals surface area (Å²) in [4.78, 5) is 14.0. The predicted molar refractivity (Wildman–Crippen MR) is 77.8 cm³/mol. The van der Waals surface area contributed by atoms with Gasteiger partial charge >= 0.3 is 0 Å². The molecule has 0 saturated carbocycles. The number of amides is 1. The first kappa shape index (κ1) is 14.0. The van der Waals surface area contributed by atoms with Crippen molar-refractivity contribution in [2.75, 3.05) is 23.8 Å². The van der Waals surface area contributed by atoms with Crippen molar-refractivity contribution in [3.63, 3.8) is 0 Å². The van der Waals surface area contributed by atoms with E-state index in [1.807, 2.05) is 30.3 Å². The van der Waals surface area contributed by atoms with Gasteiger partial charge in [0.15, 0.2) is 0 Å². The smallest absolute Gasteiger partial charge is 0.289 e.